The lowest BCUT2D eigenvalue weighted by Crippen LogP contribution is -2.33. The van der Waals surface area contributed by atoms with Crippen molar-refractivity contribution in [1.29, 1.82) is 0 Å². The van der Waals surface area contributed by atoms with E-state index in [0.717, 1.165) is 18.4 Å². The molecule has 0 bridgehead atoms. The summed E-state index contributed by atoms with van der Waals surface area (Å²) in [6, 6.07) is 0. The molecule has 0 spiro atoms. The topological polar surface area (TPSA) is 29.5 Å². The van der Waals surface area contributed by atoms with Crippen molar-refractivity contribution in [2.45, 2.75) is 50.8 Å². The second-order valence-electron chi connectivity index (χ2n) is 5.27. The molecule has 1 aliphatic heterocycles. The van der Waals surface area contributed by atoms with Gasteiger partial charge in [-0.2, -0.15) is 13.2 Å². The number of hydrogen-bond acceptors (Lipinski definition) is 2. The summed E-state index contributed by atoms with van der Waals surface area (Å²) in [4.78, 5) is 0. The van der Waals surface area contributed by atoms with Gasteiger partial charge in [-0.1, -0.05) is 0 Å². The number of aliphatic hydroxyl groups excluding tert-OH is 1. The van der Waals surface area contributed by atoms with E-state index in [4.69, 9.17) is 4.74 Å². The van der Waals surface area contributed by atoms with Gasteiger partial charge < -0.3 is 9.84 Å². The summed E-state index contributed by atoms with van der Waals surface area (Å²) in [6.07, 6.45) is -0.280. The van der Waals surface area contributed by atoms with Gasteiger partial charge >= 0.3 is 6.18 Å². The quantitative estimate of drug-likeness (QED) is 0.828. The van der Waals surface area contributed by atoms with Crippen LogP contribution in [0.4, 0.5) is 13.2 Å². The second-order valence-corrected chi connectivity index (χ2v) is 5.27. The highest BCUT2D eigenvalue weighted by Crippen LogP contribution is 2.41. The Labute approximate surface area is 105 Å². The Kier molecular flexibility index (Phi) is 4.20. The van der Waals surface area contributed by atoms with Crippen LogP contribution in [-0.2, 0) is 4.74 Å². The lowest BCUT2D eigenvalue weighted by molar-refractivity contribution is -0.185. The van der Waals surface area contributed by atoms with Crippen LogP contribution in [0.5, 0.6) is 0 Å². The molecule has 5 heteroatoms. The van der Waals surface area contributed by atoms with Crippen molar-refractivity contribution >= 4 is 0 Å². The minimum atomic E-state index is -4.08. The molecule has 1 saturated carbocycles. The van der Waals surface area contributed by atoms with Crippen molar-refractivity contribution in [2.24, 2.45) is 11.8 Å². The molecule has 2 aliphatic rings. The molecular weight excluding hydrogens is 245 g/mol. The van der Waals surface area contributed by atoms with E-state index in [-0.39, 0.29) is 18.8 Å². The van der Waals surface area contributed by atoms with Gasteiger partial charge in [-0.15, -0.1) is 0 Å². The van der Waals surface area contributed by atoms with E-state index in [0.29, 0.717) is 19.4 Å². The highest BCUT2D eigenvalue weighted by Gasteiger charge is 2.42. The van der Waals surface area contributed by atoms with E-state index >= 15 is 0 Å². The van der Waals surface area contributed by atoms with E-state index in [2.05, 4.69) is 0 Å². The molecule has 0 aromatic heterocycles. The molecule has 1 heterocycles. The van der Waals surface area contributed by atoms with Gasteiger partial charge in [-0.3, -0.25) is 0 Å². The zero-order chi connectivity index (χ0) is 13.2. The van der Waals surface area contributed by atoms with Crippen LogP contribution >= 0.6 is 0 Å². The number of aliphatic hydroxyl groups is 1. The van der Waals surface area contributed by atoms with Crippen molar-refractivity contribution in [3.8, 4) is 0 Å². The average Bonchev–Trinajstić information content (AvgIpc) is 2.38. The summed E-state index contributed by atoms with van der Waals surface area (Å²) >= 11 is 0. The Morgan fingerprint density at radius 2 is 1.89 bits per heavy atom. The predicted molar refractivity (Wildman–Crippen MR) is 60.8 cm³/mol. The van der Waals surface area contributed by atoms with Crippen LogP contribution in [0.25, 0.3) is 0 Å². The highest BCUT2D eigenvalue weighted by atomic mass is 19.4. The van der Waals surface area contributed by atoms with Gasteiger partial charge in [0, 0.05) is 0 Å². The summed E-state index contributed by atoms with van der Waals surface area (Å²) in [5.74, 6) is -1.23. The maximum absolute atomic E-state index is 12.5. The van der Waals surface area contributed by atoms with E-state index in [1.54, 1.807) is 6.26 Å². The van der Waals surface area contributed by atoms with Crippen LogP contribution in [0.2, 0.25) is 0 Å². The van der Waals surface area contributed by atoms with Crippen molar-refractivity contribution < 1.29 is 23.0 Å². The molecule has 0 radical (unpaired) electrons. The van der Waals surface area contributed by atoms with Crippen LogP contribution in [0.15, 0.2) is 11.8 Å². The van der Waals surface area contributed by atoms with Crippen molar-refractivity contribution in [1.82, 2.24) is 0 Å². The Morgan fingerprint density at radius 3 is 2.39 bits per heavy atom. The van der Waals surface area contributed by atoms with Gasteiger partial charge in [0.15, 0.2) is 0 Å². The molecule has 1 aliphatic carbocycles. The molecule has 0 aromatic carbocycles. The third-order valence-electron chi connectivity index (χ3n) is 4.02. The fraction of sp³-hybridized carbons (Fsp3) is 0.846. The molecule has 0 amide bonds. The molecule has 2 rings (SSSR count). The van der Waals surface area contributed by atoms with Gasteiger partial charge in [-0.05, 0) is 50.0 Å². The van der Waals surface area contributed by atoms with Crippen LogP contribution in [-0.4, -0.2) is 24.0 Å². The Hall–Kier alpha value is -0.710. The minimum Gasteiger partial charge on any atom is -0.501 e. The lowest BCUT2D eigenvalue weighted by atomic mass is 9.77. The second kappa shape index (κ2) is 5.51. The standard InChI is InChI=1S/C13H19F3O2/c14-13(15,16)11-5-3-9(4-6-11)12(17)10-2-1-7-18-8-10/h8-9,11-12,17H,1-7H2. The number of rotatable bonds is 2. The molecule has 2 nitrogen and oxygen atoms in total. The van der Waals surface area contributed by atoms with Crippen LogP contribution < -0.4 is 0 Å². The zero-order valence-corrected chi connectivity index (χ0v) is 10.2. The monoisotopic (exact) mass is 264 g/mol. The molecule has 0 aromatic rings. The predicted octanol–water partition coefficient (Wildman–Crippen LogP) is 3.41. The maximum atomic E-state index is 12.5. The fourth-order valence-corrected chi connectivity index (χ4v) is 2.87. The van der Waals surface area contributed by atoms with Crippen molar-refractivity contribution in [3.63, 3.8) is 0 Å². The van der Waals surface area contributed by atoms with E-state index in [1.807, 2.05) is 0 Å². The largest absolute Gasteiger partial charge is 0.501 e. The van der Waals surface area contributed by atoms with Gasteiger partial charge in [0.25, 0.3) is 0 Å². The van der Waals surface area contributed by atoms with Crippen LogP contribution in [0.1, 0.15) is 38.5 Å². The van der Waals surface area contributed by atoms with Crippen molar-refractivity contribution in [3.05, 3.63) is 11.8 Å². The normalized spacial score (nSPS) is 31.4. The first-order valence-electron chi connectivity index (χ1n) is 6.54. The van der Waals surface area contributed by atoms with Crippen LogP contribution in [0, 0.1) is 11.8 Å². The third-order valence-corrected chi connectivity index (χ3v) is 4.02. The molecule has 1 fully saturated rings. The summed E-state index contributed by atoms with van der Waals surface area (Å²) in [6.45, 7) is 0.664. The summed E-state index contributed by atoms with van der Waals surface area (Å²) in [5, 5.41) is 10.2. The highest BCUT2D eigenvalue weighted by molar-refractivity contribution is 5.09. The molecular formula is C13H19F3O2. The third kappa shape index (κ3) is 3.19. The molecule has 1 atom stereocenters. The Morgan fingerprint density at radius 1 is 1.22 bits per heavy atom. The Balaban J connectivity index is 1.87. The average molecular weight is 264 g/mol. The number of ether oxygens (including phenoxy) is 1. The van der Waals surface area contributed by atoms with E-state index in [1.165, 1.54) is 0 Å². The first-order chi connectivity index (χ1) is 8.48. The SMILES string of the molecule is OC(C1=COCCC1)C1CCC(C(F)(F)F)CC1. The minimum absolute atomic E-state index is 0.0449. The molecule has 0 saturated heterocycles. The van der Waals surface area contributed by atoms with Gasteiger partial charge in [-0.25, -0.2) is 0 Å². The summed E-state index contributed by atoms with van der Waals surface area (Å²) < 4.78 is 42.8. The summed E-state index contributed by atoms with van der Waals surface area (Å²) in [7, 11) is 0. The fourth-order valence-electron chi connectivity index (χ4n) is 2.87. The smallest absolute Gasteiger partial charge is 0.391 e. The molecule has 18 heavy (non-hydrogen) atoms. The molecule has 1 unspecified atom stereocenters. The maximum Gasteiger partial charge on any atom is 0.391 e. The van der Waals surface area contributed by atoms with E-state index in [9.17, 15) is 18.3 Å². The first kappa shape index (κ1) is 13.7. The van der Waals surface area contributed by atoms with Gasteiger partial charge in [0.2, 0.25) is 0 Å². The lowest BCUT2D eigenvalue weighted by Gasteiger charge is -2.33. The zero-order valence-electron chi connectivity index (χ0n) is 10.2. The number of halogens is 3. The first-order valence-corrected chi connectivity index (χ1v) is 6.54. The Bertz CT molecular complexity index is 304. The van der Waals surface area contributed by atoms with Gasteiger partial charge in [0.1, 0.15) is 0 Å². The van der Waals surface area contributed by atoms with Crippen molar-refractivity contribution in [2.75, 3.05) is 6.61 Å². The van der Waals surface area contributed by atoms with Crippen LogP contribution in [0.3, 0.4) is 0 Å². The number of hydrogen-bond donors (Lipinski definition) is 1. The summed E-state index contributed by atoms with van der Waals surface area (Å²) in [5.41, 5.74) is 0.844. The number of alkyl halides is 3. The molecule has 1 N–H and O–H groups in total. The van der Waals surface area contributed by atoms with E-state index < -0.39 is 18.2 Å². The molecule has 104 valence electrons. The van der Waals surface area contributed by atoms with Gasteiger partial charge in [0.05, 0.1) is 24.9 Å².